The fourth-order valence-corrected chi connectivity index (χ4v) is 0. The number of hydrogen-bond donors (Lipinski definition) is 1. The summed E-state index contributed by atoms with van der Waals surface area (Å²) >= 11 is 0. The van der Waals surface area contributed by atoms with Gasteiger partial charge in [0.15, 0.2) is 0 Å². The number of carboxylic acid groups (broad SMARTS) is 2. The molecule has 0 amide bonds. The molecule has 7 heteroatoms. The molecule has 0 aliphatic carbocycles. The molecule has 3 N–H and O–H groups in total. The molecular formula is C2H6K2O5. The van der Waals surface area contributed by atoms with Crippen molar-refractivity contribution < 1.29 is 128 Å². The maximum Gasteiger partial charge on any atom is 1.00 e. The normalized spacial score (nSPS) is 3.33. The van der Waals surface area contributed by atoms with E-state index in [-0.39, 0.29) is 108 Å². The minimum atomic E-state index is -2.33. The van der Waals surface area contributed by atoms with E-state index in [4.69, 9.17) is 20.1 Å². The van der Waals surface area contributed by atoms with Crippen molar-refractivity contribution in [2.75, 3.05) is 7.11 Å². The van der Waals surface area contributed by atoms with Gasteiger partial charge in [-0.15, -0.1) is 0 Å². The molecule has 0 spiro atoms. The molecule has 0 fully saturated rings. The summed E-state index contributed by atoms with van der Waals surface area (Å²) in [6.45, 7) is 0. The minimum absolute atomic E-state index is 0. The summed E-state index contributed by atoms with van der Waals surface area (Å²) in [5.74, 6) is 0. The maximum absolute atomic E-state index is 8.33. The van der Waals surface area contributed by atoms with Crippen LogP contribution in [0, 0.1) is 0 Å². The molecule has 0 saturated heterocycles. The summed E-state index contributed by atoms with van der Waals surface area (Å²) in [5.41, 5.74) is 0. The third-order valence-corrected chi connectivity index (χ3v) is 0. The summed E-state index contributed by atoms with van der Waals surface area (Å²) in [6, 6.07) is 0. The molecule has 0 unspecified atom stereocenters. The summed E-state index contributed by atoms with van der Waals surface area (Å²) in [5, 5.41) is 23.7. The van der Waals surface area contributed by atoms with Crippen LogP contribution in [0.3, 0.4) is 0 Å². The van der Waals surface area contributed by atoms with Crippen molar-refractivity contribution in [2.24, 2.45) is 0 Å². The van der Waals surface area contributed by atoms with E-state index in [0.717, 1.165) is 7.11 Å². The largest absolute Gasteiger partial charge is 1.00 e. The van der Waals surface area contributed by atoms with Crippen LogP contribution in [0.5, 0.6) is 0 Å². The van der Waals surface area contributed by atoms with Gasteiger partial charge in [0, 0.05) is 7.11 Å². The van der Waals surface area contributed by atoms with Crippen LogP contribution >= 0.6 is 0 Å². The summed E-state index contributed by atoms with van der Waals surface area (Å²) in [7, 11) is 1.00. The molecular weight excluding hydrogens is 182 g/mol. The Morgan fingerprint density at radius 2 is 1.22 bits per heavy atom. The zero-order chi connectivity index (χ0) is 5.58. The molecule has 0 rings (SSSR count). The molecule has 0 radical (unpaired) electrons. The van der Waals surface area contributed by atoms with E-state index in [1.54, 1.807) is 0 Å². The molecule has 0 aliphatic rings. The zero-order valence-electron chi connectivity index (χ0n) is 5.67. The Bertz CT molecular complexity index is 35.9. The van der Waals surface area contributed by atoms with E-state index in [1.807, 2.05) is 0 Å². The second-order valence-corrected chi connectivity index (χ2v) is 0.250. The first-order valence-electron chi connectivity index (χ1n) is 1.06. The fraction of sp³-hybridized carbons (Fsp3) is 0.500. The van der Waals surface area contributed by atoms with Crippen LogP contribution < -0.4 is 113 Å². The van der Waals surface area contributed by atoms with Gasteiger partial charge >= 0.3 is 103 Å². The topological polar surface area (TPSA) is 115 Å². The Morgan fingerprint density at radius 3 is 1.22 bits per heavy atom. The van der Waals surface area contributed by atoms with E-state index >= 15 is 0 Å². The van der Waals surface area contributed by atoms with Crippen LogP contribution in [-0.2, 0) is 0 Å². The van der Waals surface area contributed by atoms with Crippen molar-refractivity contribution in [2.45, 2.75) is 0 Å². The molecule has 0 heterocycles. The van der Waals surface area contributed by atoms with Crippen LogP contribution in [-0.4, -0.2) is 23.8 Å². The van der Waals surface area contributed by atoms with Crippen LogP contribution in [0.4, 0.5) is 4.79 Å². The van der Waals surface area contributed by atoms with Gasteiger partial charge in [-0.1, -0.05) is 0 Å². The van der Waals surface area contributed by atoms with E-state index in [9.17, 15) is 0 Å². The molecule has 0 atom stereocenters. The van der Waals surface area contributed by atoms with Gasteiger partial charge in [0.05, 0.1) is 0 Å². The molecule has 0 aromatic carbocycles. The van der Waals surface area contributed by atoms with E-state index in [2.05, 4.69) is 0 Å². The number of rotatable bonds is 0. The Kier molecular flexibility index (Phi) is 105. The number of hydrogen-bond acceptors (Lipinski definition) is 4. The fourth-order valence-electron chi connectivity index (χ4n) is 0. The summed E-state index contributed by atoms with van der Waals surface area (Å²) < 4.78 is 0. The second-order valence-electron chi connectivity index (χ2n) is 0.250. The van der Waals surface area contributed by atoms with Gasteiger partial charge in [-0.25, -0.2) is 0 Å². The van der Waals surface area contributed by atoms with Crippen LogP contribution in [0.1, 0.15) is 0 Å². The van der Waals surface area contributed by atoms with Crippen LogP contribution in [0.2, 0.25) is 0 Å². The zero-order valence-corrected chi connectivity index (χ0v) is 11.9. The number of carbonyl (C=O) groups is 1. The Hall–Kier alpha value is 2.46. The molecule has 0 aromatic heterocycles. The average Bonchev–Trinajstić information content (AvgIpc) is 1.41. The minimum Gasteiger partial charge on any atom is -0.652 e. The molecule has 0 aromatic rings. The first kappa shape index (κ1) is 30.0. The SMILES string of the molecule is CO.O.O=C([O-])[O-].[K+].[K+]. The predicted molar refractivity (Wildman–Crippen MR) is 17.2 cm³/mol. The van der Waals surface area contributed by atoms with Crippen molar-refractivity contribution >= 4 is 6.16 Å². The Labute approximate surface area is 138 Å². The molecule has 0 aliphatic heterocycles. The summed E-state index contributed by atoms with van der Waals surface area (Å²) in [4.78, 5) is 8.33. The van der Waals surface area contributed by atoms with Crippen LogP contribution in [0.25, 0.3) is 0 Å². The quantitative estimate of drug-likeness (QED) is 0.380. The molecule has 46 valence electrons. The van der Waals surface area contributed by atoms with E-state index < -0.39 is 6.16 Å². The van der Waals surface area contributed by atoms with Gasteiger partial charge in [0.25, 0.3) is 0 Å². The monoisotopic (exact) mass is 188 g/mol. The van der Waals surface area contributed by atoms with Gasteiger partial charge in [0.2, 0.25) is 0 Å². The van der Waals surface area contributed by atoms with Crippen molar-refractivity contribution in [3.05, 3.63) is 0 Å². The van der Waals surface area contributed by atoms with Crippen molar-refractivity contribution in [1.29, 1.82) is 0 Å². The second kappa shape index (κ2) is 31.4. The third kappa shape index (κ3) is 124. The van der Waals surface area contributed by atoms with Crippen LogP contribution in [0.15, 0.2) is 0 Å². The van der Waals surface area contributed by atoms with Gasteiger partial charge in [-0.2, -0.15) is 0 Å². The van der Waals surface area contributed by atoms with Crippen molar-refractivity contribution in [3.8, 4) is 0 Å². The van der Waals surface area contributed by atoms with Gasteiger partial charge in [-0.05, 0) is 6.16 Å². The van der Waals surface area contributed by atoms with Gasteiger partial charge < -0.3 is 25.6 Å². The number of aliphatic hydroxyl groups excluding tert-OH is 1. The Morgan fingerprint density at radius 1 is 1.22 bits per heavy atom. The molecule has 5 nitrogen and oxygen atoms in total. The standard InChI is InChI=1S/CH2O3.CH4O.2K.H2O/c2-1(3)4;1-2;;;/h(H2,2,3,4);2H,1H3;;;1H2/q;;2*+1;/p-2. The average molecular weight is 188 g/mol. The maximum atomic E-state index is 8.33. The number of carbonyl (C=O) groups excluding carboxylic acids is 1. The first-order valence-corrected chi connectivity index (χ1v) is 1.06. The first-order chi connectivity index (χ1) is 2.73. The molecule has 9 heavy (non-hydrogen) atoms. The van der Waals surface area contributed by atoms with Gasteiger partial charge in [-0.3, -0.25) is 0 Å². The Balaban J connectivity index is -0.00000000990. The predicted octanol–water partition coefficient (Wildman–Crippen LogP) is -9.66. The van der Waals surface area contributed by atoms with Crippen molar-refractivity contribution in [1.82, 2.24) is 0 Å². The third-order valence-electron chi connectivity index (χ3n) is 0. The smallest absolute Gasteiger partial charge is 0.652 e. The van der Waals surface area contributed by atoms with Crippen molar-refractivity contribution in [3.63, 3.8) is 0 Å². The number of aliphatic hydroxyl groups is 1. The summed E-state index contributed by atoms with van der Waals surface area (Å²) in [6.07, 6.45) is -2.33. The van der Waals surface area contributed by atoms with E-state index in [1.165, 1.54) is 0 Å². The molecule has 0 bridgehead atoms. The van der Waals surface area contributed by atoms with Gasteiger partial charge in [0.1, 0.15) is 0 Å². The molecule has 0 saturated carbocycles. The van der Waals surface area contributed by atoms with E-state index in [0.29, 0.717) is 0 Å².